The van der Waals surface area contributed by atoms with E-state index in [1.807, 2.05) is 18.5 Å². The average molecular weight is 364 g/mol. The van der Waals surface area contributed by atoms with Crippen molar-refractivity contribution in [2.75, 3.05) is 20.2 Å². The van der Waals surface area contributed by atoms with Crippen molar-refractivity contribution in [3.05, 3.63) is 52.6 Å². The lowest BCUT2D eigenvalue weighted by Gasteiger charge is -2.28. The Morgan fingerprint density at radius 2 is 2.19 bits per heavy atom. The summed E-state index contributed by atoms with van der Waals surface area (Å²) in [5.41, 5.74) is 3.92. The van der Waals surface area contributed by atoms with E-state index < -0.39 is 0 Å². The molecule has 2 aromatic heterocycles. The summed E-state index contributed by atoms with van der Waals surface area (Å²) >= 11 is 0. The Labute approximate surface area is 157 Å². The second-order valence-corrected chi connectivity index (χ2v) is 7.68. The largest absolute Gasteiger partial charge is 0.496 e. The zero-order chi connectivity index (χ0) is 18.5. The topological polar surface area (TPSA) is 62.3 Å². The number of aryl methyl sites for hydroxylation is 1. The van der Waals surface area contributed by atoms with Gasteiger partial charge in [-0.05, 0) is 24.1 Å². The van der Waals surface area contributed by atoms with E-state index in [1.54, 1.807) is 18.7 Å². The summed E-state index contributed by atoms with van der Waals surface area (Å²) in [5.74, 6) is 0.903. The lowest BCUT2D eigenvalue weighted by Crippen LogP contribution is -2.43. The summed E-state index contributed by atoms with van der Waals surface area (Å²) in [5, 5.41) is 4.49. The maximum atomic E-state index is 12.3. The first-order valence-corrected chi connectivity index (χ1v) is 9.45. The molecule has 6 nitrogen and oxygen atoms in total. The average Bonchev–Trinajstić information content (AvgIpc) is 3.42. The minimum atomic E-state index is -0.0139. The molecule has 0 saturated carbocycles. The van der Waals surface area contributed by atoms with Gasteiger partial charge >= 0.3 is 0 Å². The molecule has 2 bridgehead atoms. The second-order valence-electron chi connectivity index (χ2n) is 7.68. The molecular formula is C21H24N4O2. The molecule has 2 aliphatic rings. The van der Waals surface area contributed by atoms with E-state index in [1.165, 1.54) is 12.0 Å². The van der Waals surface area contributed by atoms with Crippen LogP contribution in [0, 0.1) is 0 Å². The zero-order valence-electron chi connectivity index (χ0n) is 15.7. The van der Waals surface area contributed by atoms with E-state index in [0.29, 0.717) is 17.6 Å². The molecule has 3 aromatic rings. The van der Waals surface area contributed by atoms with Gasteiger partial charge in [0.2, 0.25) is 0 Å². The summed E-state index contributed by atoms with van der Waals surface area (Å²) < 4.78 is 7.35. The second kappa shape index (κ2) is 6.25. The quantitative estimate of drug-likeness (QED) is 0.744. The number of nitrogens with one attached hydrogen (secondary N) is 2. The highest BCUT2D eigenvalue weighted by atomic mass is 16.5. The molecule has 2 atom stereocenters. The molecule has 6 heteroatoms. The van der Waals surface area contributed by atoms with E-state index in [0.717, 1.165) is 41.9 Å². The van der Waals surface area contributed by atoms with Crippen LogP contribution in [0.1, 0.15) is 12.0 Å². The van der Waals surface area contributed by atoms with E-state index in [2.05, 4.69) is 33.4 Å². The SMILES string of the molecule is COc1cc(-c2cn(C)c(=O)c3[nH]ccc23)ccc1CN1C[C@@H]2CC1CN2. The van der Waals surface area contributed by atoms with Crippen LogP contribution in [-0.4, -0.2) is 46.7 Å². The van der Waals surface area contributed by atoms with Crippen LogP contribution in [0.5, 0.6) is 5.75 Å². The standard InChI is InChI=1S/C21H24N4O2/c1-24-12-18(17-5-6-22-20(17)21(24)26)13-3-4-14(19(7-13)27-2)10-25-11-15-8-16(25)9-23-15/h3-7,12,15-16,22-23H,8-11H2,1-2H3/t15-,16?/m0/s1. The van der Waals surface area contributed by atoms with Crippen LogP contribution in [-0.2, 0) is 13.6 Å². The fourth-order valence-electron chi connectivity index (χ4n) is 4.60. The van der Waals surface area contributed by atoms with Crippen molar-refractivity contribution in [2.24, 2.45) is 7.05 Å². The maximum Gasteiger partial charge on any atom is 0.274 e. The number of ether oxygens (including phenoxy) is 1. The van der Waals surface area contributed by atoms with E-state index in [-0.39, 0.29) is 5.56 Å². The fraction of sp³-hybridized carbons (Fsp3) is 0.381. The van der Waals surface area contributed by atoms with Crippen molar-refractivity contribution in [3.8, 4) is 16.9 Å². The van der Waals surface area contributed by atoms with Crippen LogP contribution in [0.3, 0.4) is 0 Å². The van der Waals surface area contributed by atoms with Gasteiger partial charge in [-0.1, -0.05) is 12.1 Å². The Balaban J connectivity index is 1.52. The van der Waals surface area contributed by atoms with Crippen molar-refractivity contribution < 1.29 is 4.74 Å². The van der Waals surface area contributed by atoms with E-state index in [4.69, 9.17) is 4.74 Å². The Morgan fingerprint density at radius 3 is 2.93 bits per heavy atom. The predicted octanol–water partition coefficient (Wildman–Crippen LogP) is 2.09. The molecule has 1 aromatic carbocycles. The molecule has 2 N–H and O–H groups in total. The molecule has 1 unspecified atom stereocenters. The number of aromatic nitrogens is 2. The molecule has 0 radical (unpaired) electrons. The highest BCUT2D eigenvalue weighted by Crippen LogP contribution is 2.33. The molecule has 2 aliphatic heterocycles. The van der Waals surface area contributed by atoms with Crippen molar-refractivity contribution in [1.82, 2.24) is 19.8 Å². The monoisotopic (exact) mass is 364 g/mol. The van der Waals surface area contributed by atoms with Gasteiger partial charge in [0.15, 0.2) is 0 Å². The highest BCUT2D eigenvalue weighted by Gasteiger charge is 2.37. The van der Waals surface area contributed by atoms with Crippen LogP contribution in [0.25, 0.3) is 22.0 Å². The molecular weight excluding hydrogens is 340 g/mol. The number of H-pyrrole nitrogens is 1. The van der Waals surface area contributed by atoms with Crippen molar-refractivity contribution in [1.29, 1.82) is 0 Å². The number of piperazine rings is 1. The maximum absolute atomic E-state index is 12.3. The summed E-state index contributed by atoms with van der Waals surface area (Å²) in [4.78, 5) is 17.9. The molecule has 4 heterocycles. The Bertz CT molecular complexity index is 1070. The van der Waals surface area contributed by atoms with Crippen LogP contribution >= 0.6 is 0 Å². The number of hydrogen-bond acceptors (Lipinski definition) is 4. The summed E-state index contributed by atoms with van der Waals surface area (Å²) in [6.45, 7) is 3.12. The minimum absolute atomic E-state index is 0.0139. The Hall–Kier alpha value is -2.57. The van der Waals surface area contributed by atoms with Crippen LogP contribution < -0.4 is 15.6 Å². The number of nitrogens with zero attached hydrogens (tertiary/aromatic N) is 2. The molecule has 0 spiro atoms. The summed E-state index contributed by atoms with van der Waals surface area (Å²) in [6, 6.07) is 9.64. The first-order chi connectivity index (χ1) is 13.1. The number of aromatic amines is 1. The fourth-order valence-corrected chi connectivity index (χ4v) is 4.60. The van der Waals surface area contributed by atoms with Gasteiger partial charge in [-0.3, -0.25) is 9.69 Å². The smallest absolute Gasteiger partial charge is 0.274 e. The van der Waals surface area contributed by atoms with Gasteiger partial charge in [0.1, 0.15) is 11.3 Å². The van der Waals surface area contributed by atoms with Gasteiger partial charge in [0, 0.05) is 67.7 Å². The molecule has 5 rings (SSSR count). The molecule has 27 heavy (non-hydrogen) atoms. The van der Waals surface area contributed by atoms with Crippen LogP contribution in [0.2, 0.25) is 0 Å². The van der Waals surface area contributed by atoms with Gasteiger partial charge in [0.05, 0.1) is 7.11 Å². The lowest BCUT2D eigenvalue weighted by molar-refractivity contribution is 0.215. The van der Waals surface area contributed by atoms with Crippen molar-refractivity contribution in [3.63, 3.8) is 0 Å². The molecule has 2 fully saturated rings. The first-order valence-electron chi connectivity index (χ1n) is 9.45. The van der Waals surface area contributed by atoms with Gasteiger partial charge in [-0.2, -0.15) is 0 Å². The minimum Gasteiger partial charge on any atom is -0.496 e. The number of rotatable bonds is 4. The van der Waals surface area contributed by atoms with Crippen molar-refractivity contribution in [2.45, 2.75) is 25.0 Å². The molecule has 140 valence electrons. The van der Waals surface area contributed by atoms with Crippen LogP contribution in [0.15, 0.2) is 41.5 Å². The number of pyridine rings is 1. The number of likely N-dealkylation sites (tertiary alicyclic amines) is 1. The van der Waals surface area contributed by atoms with Crippen LogP contribution in [0.4, 0.5) is 0 Å². The van der Waals surface area contributed by atoms with Gasteiger partial charge in [-0.25, -0.2) is 0 Å². The van der Waals surface area contributed by atoms with Gasteiger partial charge in [-0.15, -0.1) is 0 Å². The van der Waals surface area contributed by atoms with E-state index in [9.17, 15) is 4.79 Å². The highest BCUT2D eigenvalue weighted by molar-refractivity contribution is 5.94. The Morgan fingerprint density at radius 1 is 1.30 bits per heavy atom. The third-order valence-corrected chi connectivity index (χ3v) is 6.04. The molecule has 0 amide bonds. The number of benzene rings is 1. The third kappa shape index (κ3) is 2.67. The van der Waals surface area contributed by atoms with Gasteiger partial charge < -0.3 is 19.6 Å². The van der Waals surface area contributed by atoms with Gasteiger partial charge in [0.25, 0.3) is 5.56 Å². The lowest BCUT2D eigenvalue weighted by atomic mass is 10.0. The number of methoxy groups -OCH3 is 1. The Kier molecular flexibility index (Phi) is 3.84. The molecule has 0 aliphatic carbocycles. The normalized spacial score (nSPS) is 22.0. The third-order valence-electron chi connectivity index (χ3n) is 6.04. The molecule has 2 saturated heterocycles. The predicted molar refractivity (Wildman–Crippen MR) is 106 cm³/mol. The van der Waals surface area contributed by atoms with E-state index >= 15 is 0 Å². The summed E-state index contributed by atoms with van der Waals surface area (Å²) in [7, 11) is 3.51. The summed E-state index contributed by atoms with van der Waals surface area (Å²) in [6.07, 6.45) is 4.97. The number of hydrogen-bond donors (Lipinski definition) is 2. The number of fused-ring (bicyclic) bond motifs is 3. The zero-order valence-corrected chi connectivity index (χ0v) is 15.7. The van der Waals surface area contributed by atoms with Crippen molar-refractivity contribution >= 4 is 10.9 Å². The first kappa shape index (κ1) is 16.6.